The molecule has 1 aromatic carbocycles. The molecule has 106 valence electrons. The second-order valence-corrected chi connectivity index (χ2v) is 6.80. The fourth-order valence-electron chi connectivity index (χ4n) is 2.94. The highest BCUT2D eigenvalue weighted by molar-refractivity contribution is 9.09. The molecule has 1 aliphatic carbocycles. The number of hydrogen-bond donors (Lipinski definition) is 0. The Labute approximate surface area is 125 Å². The van der Waals surface area contributed by atoms with Crippen molar-refractivity contribution in [2.24, 2.45) is 11.8 Å². The van der Waals surface area contributed by atoms with Gasteiger partial charge in [0.05, 0.1) is 6.10 Å². The lowest BCUT2D eigenvalue weighted by Crippen LogP contribution is -2.36. The molecular weight excluding hydrogens is 300 g/mol. The van der Waals surface area contributed by atoms with Crippen molar-refractivity contribution in [3.8, 4) is 0 Å². The molecule has 1 nitrogen and oxygen atoms in total. The highest BCUT2D eigenvalue weighted by Crippen LogP contribution is 2.36. The van der Waals surface area contributed by atoms with Gasteiger partial charge >= 0.3 is 0 Å². The lowest BCUT2D eigenvalue weighted by Gasteiger charge is -2.38. The van der Waals surface area contributed by atoms with Gasteiger partial charge in [-0.15, -0.1) is 0 Å². The van der Waals surface area contributed by atoms with Crippen LogP contribution in [0.25, 0.3) is 0 Å². The van der Waals surface area contributed by atoms with Gasteiger partial charge in [-0.25, -0.2) is 0 Å². The normalized spacial score (nSPS) is 30.8. The van der Waals surface area contributed by atoms with E-state index in [1.807, 2.05) is 0 Å². The van der Waals surface area contributed by atoms with Crippen molar-refractivity contribution in [3.63, 3.8) is 0 Å². The Morgan fingerprint density at radius 1 is 1.16 bits per heavy atom. The van der Waals surface area contributed by atoms with Crippen LogP contribution >= 0.6 is 15.9 Å². The fourth-order valence-corrected chi connectivity index (χ4v) is 3.40. The number of hydrogen-bond acceptors (Lipinski definition) is 1. The summed E-state index contributed by atoms with van der Waals surface area (Å²) in [5.41, 5.74) is 1.05. The molecule has 0 aromatic heterocycles. The van der Waals surface area contributed by atoms with Crippen LogP contribution in [-0.2, 0) is 10.3 Å². The molecule has 0 spiro atoms. The Morgan fingerprint density at radius 2 is 1.84 bits per heavy atom. The summed E-state index contributed by atoms with van der Waals surface area (Å²) in [7, 11) is 0. The van der Waals surface area contributed by atoms with Gasteiger partial charge in [0.1, 0.15) is 5.60 Å². The van der Waals surface area contributed by atoms with Gasteiger partial charge in [0.15, 0.2) is 0 Å². The van der Waals surface area contributed by atoms with E-state index in [4.69, 9.17) is 4.74 Å². The molecule has 1 aliphatic rings. The first-order chi connectivity index (χ1) is 9.05. The van der Waals surface area contributed by atoms with Crippen molar-refractivity contribution < 1.29 is 4.74 Å². The molecule has 0 saturated heterocycles. The molecule has 0 radical (unpaired) electrons. The average molecular weight is 325 g/mol. The molecule has 2 heteroatoms. The molecule has 4 atom stereocenters. The molecule has 0 aliphatic heterocycles. The van der Waals surface area contributed by atoms with Gasteiger partial charge in [-0.3, -0.25) is 0 Å². The van der Waals surface area contributed by atoms with Crippen LogP contribution in [0.1, 0.15) is 45.6 Å². The molecule has 0 heterocycles. The van der Waals surface area contributed by atoms with Gasteiger partial charge in [-0.2, -0.15) is 0 Å². The second-order valence-electron chi connectivity index (χ2n) is 6.24. The maximum absolute atomic E-state index is 6.49. The van der Waals surface area contributed by atoms with E-state index in [2.05, 4.69) is 67.0 Å². The van der Waals surface area contributed by atoms with Crippen molar-refractivity contribution in [2.75, 3.05) is 5.33 Å². The minimum absolute atomic E-state index is 0.216. The molecule has 2 rings (SSSR count). The smallest absolute Gasteiger partial charge is 0.100 e. The quantitative estimate of drug-likeness (QED) is 0.697. The van der Waals surface area contributed by atoms with Crippen molar-refractivity contribution in [2.45, 2.75) is 51.7 Å². The number of benzene rings is 1. The Kier molecular flexibility index (Phi) is 5.08. The topological polar surface area (TPSA) is 9.23 Å². The highest BCUT2D eigenvalue weighted by Gasteiger charge is 2.33. The van der Waals surface area contributed by atoms with Gasteiger partial charge in [0.2, 0.25) is 0 Å². The summed E-state index contributed by atoms with van der Waals surface area (Å²) < 4.78 is 6.49. The van der Waals surface area contributed by atoms with E-state index in [9.17, 15) is 0 Å². The van der Waals surface area contributed by atoms with Gasteiger partial charge < -0.3 is 4.74 Å². The van der Waals surface area contributed by atoms with Gasteiger partial charge in [-0.1, -0.05) is 60.1 Å². The molecule has 0 amide bonds. The number of rotatable bonds is 4. The van der Waals surface area contributed by atoms with Crippen LogP contribution in [0.5, 0.6) is 0 Å². The van der Waals surface area contributed by atoms with Crippen LogP contribution in [0.3, 0.4) is 0 Å². The predicted molar refractivity (Wildman–Crippen MR) is 84.6 cm³/mol. The van der Waals surface area contributed by atoms with Crippen molar-refractivity contribution in [3.05, 3.63) is 35.9 Å². The number of alkyl halides is 1. The Bertz CT molecular complexity index is 392. The van der Waals surface area contributed by atoms with E-state index in [1.165, 1.54) is 24.8 Å². The second kappa shape index (κ2) is 6.41. The van der Waals surface area contributed by atoms with E-state index in [0.29, 0.717) is 6.10 Å². The molecular formula is C17H25BrO. The molecule has 0 N–H and O–H groups in total. The third kappa shape index (κ3) is 3.61. The van der Waals surface area contributed by atoms with Crippen LogP contribution in [0.15, 0.2) is 30.3 Å². The van der Waals surface area contributed by atoms with Crippen LogP contribution in [0, 0.1) is 11.8 Å². The standard InChI is InChI=1S/C17H25BrO/c1-13-9-10-16(11-14(13)2)19-17(3,12-18)15-7-5-4-6-8-15/h4-8,13-14,16H,9-12H2,1-3H3. The van der Waals surface area contributed by atoms with Gasteiger partial charge in [0, 0.05) is 5.33 Å². The first-order valence-electron chi connectivity index (χ1n) is 7.34. The summed E-state index contributed by atoms with van der Waals surface area (Å²) >= 11 is 3.64. The van der Waals surface area contributed by atoms with E-state index in [1.54, 1.807) is 0 Å². The van der Waals surface area contributed by atoms with E-state index >= 15 is 0 Å². The zero-order chi connectivity index (χ0) is 13.9. The molecule has 4 unspecified atom stereocenters. The summed E-state index contributed by atoms with van der Waals surface area (Å²) in [5.74, 6) is 1.61. The van der Waals surface area contributed by atoms with Crippen molar-refractivity contribution >= 4 is 15.9 Å². The SMILES string of the molecule is CC1CCC(OC(C)(CBr)c2ccccc2)CC1C. The Balaban J connectivity index is 2.07. The number of ether oxygens (including phenoxy) is 1. The van der Waals surface area contributed by atoms with E-state index in [0.717, 1.165) is 17.2 Å². The van der Waals surface area contributed by atoms with Crippen molar-refractivity contribution in [1.82, 2.24) is 0 Å². The average Bonchev–Trinajstić information content (AvgIpc) is 2.44. The Morgan fingerprint density at radius 3 is 2.42 bits per heavy atom. The van der Waals surface area contributed by atoms with Crippen LogP contribution in [-0.4, -0.2) is 11.4 Å². The van der Waals surface area contributed by atoms with Crippen molar-refractivity contribution in [1.29, 1.82) is 0 Å². The Hall–Kier alpha value is -0.340. The third-order valence-electron chi connectivity index (χ3n) is 4.62. The van der Waals surface area contributed by atoms with Crippen LogP contribution in [0.4, 0.5) is 0 Å². The predicted octanol–water partition coefficient (Wildman–Crippen LogP) is 5.14. The summed E-state index contributed by atoms with van der Waals surface area (Å²) in [4.78, 5) is 0. The minimum Gasteiger partial charge on any atom is -0.366 e. The zero-order valence-electron chi connectivity index (χ0n) is 12.2. The molecule has 1 fully saturated rings. The number of halogens is 1. The third-order valence-corrected chi connectivity index (χ3v) is 5.69. The zero-order valence-corrected chi connectivity index (χ0v) is 13.8. The lowest BCUT2D eigenvalue weighted by atomic mass is 9.80. The summed E-state index contributed by atoms with van der Waals surface area (Å²) in [6.07, 6.45) is 4.07. The molecule has 0 bridgehead atoms. The largest absolute Gasteiger partial charge is 0.366 e. The first kappa shape index (κ1) is 15.1. The van der Waals surface area contributed by atoms with Crippen LogP contribution in [0.2, 0.25) is 0 Å². The van der Waals surface area contributed by atoms with Gasteiger partial charge in [0.25, 0.3) is 0 Å². The molecule has 1 aromatic rings. The maximum Gasteiger partial charge on any atom is 0.100 e. The monoisotopic (exact) mass is 324 g/mol. The highest BCUT2D eigenvalue weighted by atomic mass is 79.9. The lowest BCUT2D eigenvalue weighted by molar-refractivity contribution is -0.0974. The minimum atomic E-state index is -0.216. The maximum atomic E-state index is 6.49. The summed E-state index contributed by atoms with van der Waals surface area (Å²) in [5, 5.41) is 0.838. The molecule has 1 saturated carbocycles. The fraction of sp³-hybridized carbons (Fsp3) is 0.647. The summed E-state index contributed by atoms with van der Waals surface area (Å²) in [6.45, 7) is 6.91. The summed E-state index contributed by atoms with van der Waals surface area (Å²) in [6, 6.07) is 10.6. The van der Waals surface area contributed by atoms with Crippen LogP contribution < -0.4 is 0 Å². The molecule has 19 heavy (non-hydrogen) atoms. The first-order valence-corrected chi connectivity index (χ1v) is 8.46. The van der Waals surface area contributed by atoms with Gasteiger partial charge in [-0.05, 0) is 43.6 Å². The van der Waals surface area contributed by atoms with E-state index in [-0.39, 0.29) is 5.60 Å². The van der Waals surface area contributed by atoms with E-state index < -0.39 is 0 Å².